The first kappa shape index (κ1) is 23.4. The van der Waals surface area contributed by atoms with Gasteiger partial charge in [-0.15, -0.1) is 0 Å². The number of rotatable bonds is 4. The number of hydrogen-bond acceptors (Lipinski definition) is 7. The van der Waals surface area contributed by atoms with Crippen molar-refractivity contribution >= 4 is 27.3 Å². The van der Waals surface area contributed by atoms with Crippen LogP contribution in [-0.2, 0) is 21.0 Å². The minimum absolute atomic E-state index is 0.0189. The zero-order valence-corrected chi connectivity index (χ0v) is 20.4. The number of anilines is 2. The Bertz CT molecular complexity index is 1140. The zero-order valence-electron chi connectivity index (χ0n) is 19.6. The summed E-state index contributed by atoms with van der Waals surface area (Å²) in [5, 5.41) is 0. The van der Waals surface area contributed by atoms with Crippen LogP contribution in [0.3, 0.4) is 0 Å². The molecule has 9 heteroatoms. The SMILES string of the molecule is CC(C)(C)OC(=O)N1CCC(Oc2cc(N3CCc4cc(S(C)(=O)=O)ccc43)ccn2)CC1. The van der Waals surface area contributed by atoms with Gasteiger partial charge in [-0.05, 0) is 57.0 Å². The van der Waals surface area contributed by atoms with E-state index in [9.17, 15) is 13.2 Å². The summed E-state index contributed by atoms with van der Waals surface area (Å²) in [4.78, 5) is 20.9. The molecule has 8 nitrogen and oxygen atoms in total. The van der Waals surface area contributed by atoms with Gasteiger partial charge in [0.1, 0.15) is 11.7 Å². The summed E-state index contributed by atoms with van der Waals surface area (Å²) in [6, 6.07) is 9.13. The van der Waals surface area contributed by atoms with Gasteiger partial charge in [0.05, 0.1) is 4.90 Å². The Balaban J connectivity index is 1.40. The Morgan fingerprint density at radius 2 is 1.82 bits per heavy atom. The molecule has 3 heterocycles. The maximum Gasteiger partial charge on any atom is 0.410 e. The number of fused-ring (bicyclic) bond motifs is 1. The van der Waals surface area contributed by atoms with Crippen LogP contribution in [0, 0.1) is 0 Å². The number of sulfone groups is 1. The van der Waals surface area contributed by atoms with Gasteiger partial charge in [-0.3, -0.25) is 0 Å². The fourth-order valence-corrected chi connectivity index (χ4v) is 4.83. The van der Waals surface area contributed by atoms with Gasteiger partial charge in [-0.2, -0.15) is 0 Å². The number of carbonyl (C=O) groups is 1. The molecule has 1 amide bonds. The van der Waals surface area contributed by atoms with Crippen molar-refractivity contribution in [3.05, 3.63) is 42.1 Å². The molecule has 0 atom stereocenters. The van der Waals surface area contributed by atoms with Gasteiger partial charge in [0.2, 0.25) is 5.88 Å². The van der Waals surface area contributed by atoms with Crippen molar-refractivity contribution in [2.24, 2.45) is 0 Å². The number of piperidine rings is 1. The number of pyridine rings is 1. The molecule has 2 aromatic rings. The Morgan fingerprint density at radius 3 is 2.48 bits per heavy atom. The molecular formula is C24H31N3O5S. The van der Waals surface area contributed by atoms with Crippen molar-refractivity contribution in [1.82, 2.24) is 9.88 Å². The first-order chi connectivity index (χ1) is 15.5. The van der Waals surface area contributed by atoms with Crippen molar-refractivity contribution in [3.8, 4) is 5.88 Å². The monoisotopic (exact) mass is 473 g/mol. The fourth-order valence-electron chi connectivity index (χ4n) is 4.16. The van der Waals surface area contributed by atoms with Gasteiger partial charge < -0.3 is 19.3 Å². The molecular weight excluding hydrogens is 442 g/mol. The second-order valence-electron chi connectivity index (χ2n) is 9.60. The third-order valence-corrected chi connectivity index (χ3v) is 6.90. The van der Waals surface area contributed by atoms with Gasteiger partial charge in [0.25, 0.3) is 0 Å². The number of benzene rings is 1. The Hall–Kier alpha value is -2.81. The summed E-state index contributed by atoms with van der Waals surface area (Å²) in [7, 11) is -3.23. The van der Waals surface area contributed by atoms with Crippen LogP contribution in [0.5, 0.6) is 5.88 Å². The molecule has 0 N–H and O–H groups in total. The summed E-state index contributed by atoms with van der Waals surface area (Å²) in [5.74, 6) is 0.546. The maximum atomic E-state index is 12.3. The molecule has 1 aromatic heterocycles. The molecule has 0 aliphatic carbocycles. The van der Waals surface area contributed by atoms with Crippen LogP contribution in [-0.4, -0.2) is 62.0 Å². The van der Waals surface area contributed by atoms with Gasteiger partial charge in [0, 0.05) is 62.4 Å². The molecule has 1 aromatic carbocycles. The number of amides is 1. The Kier molecular flexibility index (Phi) is 6.26. The van der Waals surface area contributed by atoms with Crippen LogP contribution in [0.25, 0.3) is 0 Å². The van der Waals surface area contributed by atoms with E-state index in [4.69, 9.17) is 9.47 Å². The van der Waals surface area contributed by atoms with E-state index in [1.54, 1.807) is 23.2 Å². The van der Waals surface area contributed by atoms with Crippen LogP contribution in [0.2, 0.25) is 0 Å². The highest BCUT2D eigenvalue weighted by molar-refractivity contribution is 7.90. The Labute approximate surface area is 195 Å². The Morgan fingerprint density at radius 1 is 1.09 bits per heavy atom. The first-order valence-corrected chi connectivity index (χ1v) is 13.1. The predicted molar refractivity (Wildman–Crippen MR) is 126 cm³/mol. The van der Waals surface area contributed by atoms with Crippen LogP contribution in [0.1, 0.15) is 39.2 Å². The average Bonchev–Trinajstić information content (AvgIpc) is 3.16. The molecule has 0 spiro atoms. The highest BCUT2D eigenvalue weighted by atomic mass is 32.2. The van der Waals surface area contributed by atoms with Gasteiger partial charge in [0.15, 0.2) is 9.84 Å². The highest BCUT2D eigenvalue weighted by Crippen LogP contribution is 2.36. The van der Waals surface area contributed by atoms with Crippen LogP contribution in [0.4, 0.5) is 16.2 Å². The summed E-state index contributed by atoms with van der Waals surface area (Å²) >= 11 is 0. The van der Waals surface area contributed by atoms with Gasteiger partial charge in [-0.1, -0.05) is 0 Å². The molecule has 0 saturated carbocycles. The molecule has 1 saturated heterocycles. The van der Waals surface area contributed by atoms with E-state index in [0.717, 1.165) is 29.9 Å². The third kappa shape index (κ3) is 5.58. The first-order valence-electron chi connectivity index (χ1n) is 11.2. The van der Waals surface area contributed by atoms with Crippen molar-refractivity contribution in [1.29, 1.82) is 0 Å². The lowest BCUT2D eigenvalue weighted by molar-refractivity contribution is 0.0123. The normalized spacial score (nSPS) is 17.1. The van der Waals surface area contributed by atoms with E-state index < -0.39 is 15.4 Å². The molecule has 178 valence electrons. The lowest BCUT2D eigenvalue weighted by Gasteiger charge is -2.33. The number of nitrogens with zero attached hydrogens (tertiary/aromatic N) is 3. The summed E-state index contributed by atoms with van der Waals surface area (Å²) in [6.07, 6.45) is 4.86. The largest absolute Gasteiger partial charge is 0.474 e. The van der Waals surface area contributed by atoms with E-state index in [1.165, 1.54) is 6.26 Å². The summed E-state index contributed by atoms with van der Waals surface area (Å²) in [5.41, 5.74) is 2.48. The van der Waals surface area contributed by atoms with Gasteiger partial charge in [-0.25, -0.2) is 18.2 Å². The summed E-state index contributed by atoms with van der Waals surface area (Å²) in [6.45, 7) is 7.53. The van der Waals surface area contributed by atoms with Gasteiger partial charge >= 0.3 is 6.09 Å². The predicted octanol–water partition coefficient (Wildman–Crippen LogP) is 3.96. The third-order valence-electron chi connectivity index (χ3n) is 5.79. The van der Waals surface area contributed by atoms with Crippen molar-refractivity contribution < 1.29 is 22.7 Å². The second-order valence-corrected chi connectivity index (χ2v) is 11.6. The lowest BCUT2D eigenvalue weighted by Crippen LogP contribution is -2.44. The van der Waals surface area contributed by atoms with Crippen molar-refractivity contribution in [2.45, 2.75) is 56.6 Å². The number of carbonyl (C=O) groups excluding carboxylic acids is 1. The fraction of sp³-hybridized carbons (Fsp3) is 0.500. The number of likely N-dealkylation sites (tertiary alicyclic amines) is 1. The smallest absolute Gasteiger partial charge is 0.410 e. The van der Waals surface area contributed by atoms with E-state index in [1.807, 2.05) is 39.0 Å². The topological polar surface area (TPSA) is 89.0 Å². The van der Waals surface area contributed by atoms with Crippen molar-refractivity contribution in [3.63, 3.8) is 0 Å². The van der Waals surface area contributed by atoms with E-state index in [2.05, 4.69) is 9.88 Å². The molecule has 2 aliphatic rings. The molecule has 33 heavy (non-hydrogen) atoms. The molecule has 0 bridgehead atoms. The maximum absolute atomic E-state index is 12.3. The van der Waals surface area contributed by atoms with E-state index in [0.29, 0.717) is 36.7 Å². The molecule has 2 aliphatic heterocycles. The molecule has 0 unspecified atom stereocenters. The number of hydrogen-bond donors (Lipinski definition) is 0. The number of aromatic nitrogens is 1. The van der Waals surface area contributed by atoms with Crippen molar-refractivity contribution in [2.75, 3.05) is 30.8 Å². The highest BCUT2D eigenvalue weighted by Gasteiger charge is 2.28. The van der Waals surface area contributed by atoms with E-state index >= 15 is 0 Å². The molecule has 0 radical (unpaired) electrons. The van der Waals surface area contributed by atoms with E-state index in [-0.39, 0.29) is 12.2 Å². The molecule has 4 rings (SSSR count). The van der Waals surface area contributed by atoms with Crippen LogP contribution < -0.4 is 9.64 Å². The molecule has 1 fully saturated rings. The zero-order chi connectivity index (χ0) is 23.8. The number of ether oxygens (including phenoxy) is 2. The second kappa shape index (κ2) is 8.85. The lowest BCUT2D eigenvalue weighted by atomic mass is 10.1. The quantitative estimate of drug-likeness (QED) is 0.664. The minimum atomic E-state index is -3.23. The van der Waals surface area contributed by atoms with Crippen LogP contribution in [0.15, 0.2) is 41.4 Å². The minimum Gasteiger partial charge on any atom is -0.474 e. The summed E-state index contributed by atoms with van der Waals surface area (Å²) < 4.78 is 35.3. The van der Waals surface area contributed by atoms with Crippen LogP contribution >= 0.6 is 0 Å². The average molecular weight is 474 g/mol. The standard InChI is InChI=1S/C24H31N3O5S/c1-24(2,3)32-23(28)26-12-9-19(10-13-26)31-22-16-18(7-11-25-22)27-14-8-17-15-20(33(4,29)30)5-6-21(17)27/h5-7,11,15-16,19H,8-10,12-14H2,1-4H3.